The van der Waals surface area contributed by atoms with E-state index in [9.17, 15) is 4.39 Å². The van der Waals surface area contributed by atoms with Gasteiger partial charge in [-0.15, -0.1) is 10.2 Å². The summed E-state index contributed by atoms with van der Waals surface area (Å²) in [5, 5.41) is 15.8. The van der Waals surface area contributed by atoms with Crippen LogP contribution in [0.15, 0.2) is 42.6 Å². The predicted molar refractivity (Wildman–Crippen MR) is 92.1 cm³/mol. The molecule has 0 spiro atoms. The number of hydrogen-bond donors (Lipinski definition) is 2. The van der Waals surface area contributed by atoms with Gasteiger partial charge in [0.25, 0.3) is 0 Å². The van der Waals surface area contributed by atoms with Crippen LogP contribution in [0.5, 0.6) is 0 Å². The van der Waals surface area contributed by atoms with Crippen molar-refractivity contribution < 1.29 is 4.39 Å². The van der Waals surface area contributed by atoms with Crippen molar-refractivity contribution in [1.82, 2.24) is 29.9 Å². The van der Waals surface area contributed by atoms with Gasteiger partial charge < -0.3 is 10.3 Å². The van der Waals surface area contributed by atoms with Crippen LogP contribution >= 0.6 is 0 Å². The molecule has 126 valence electrons. The van der Waals surface area contributed by atoms with Crippen molar-refractivity contribution in [2.75, 3.05) is 11.9 Å². The Morgan fingerprint density at radius 3 is 2.84 bits per heavy atom. The van der Waals surface area contributed by atoms with E-state index in [1.54, 1.807) is 10.7 Å². The number of H-pyrrole nitrogens is 1. The van der Waals surface area contributed by atoms with Crippen LogP contribution in [-0.2, 0) is 6.42 Å². The molecule has 1 aromatic carbocycles. The number of hydrogen-bond acceptors (Lipinski definition) is 5. The van der Waals surface area contributed by atoms with Crippen LogP contribution in [0, 0.1) is 12.7 Å². The molecule has 0 fully saturated rings. The first-order valence-electron chi connectivity index (χ1n) is 7.92. The first kappa shape index (κ1) is 15.3. The monoisotopic (exact) mass is 337 g/mol. The molecular formula is C17H16FN7. The maximum absolute atomic E-state index is 13.2. The zero-order chi connectivity index (χ0) is 17.2. The Morgan fingerprint density at radius 2 is 2.08 bits per heavy atom. The third-order valence-corrected chi connectivity index (χ3v) is 3.77. The molecule has 0 unspecified atom stereocenters. The predicted octanol–water partition coefficient (Wildman–Crippen LogP) is 2.64. The van der Waals surface area contributed by atoms with Gasteiger partial charge in [0, 0.05) is 19.2 Å². The number of nitrogens with one attached hydrogen (secondary N) is 2. The van der Waals surface area contributed by atoms with E-state index in [2.05, 4.69) is 30.6 Å². The molecule has 0 saturated heterocycles. The van der Waals surface area contributed by atoms with Crippen LogP contribution in [0.4, 0.5) is 10.2 Å². The van der Waals surface area contributed by atoms with Crippen molar-refractivity contribution in [3.05, 3.63) is 59.9 Å². The number of aromatic nitrogens is 6. The van der Waals surface area contributed by atoms with Crippen molar-refractivity contribution in [3.63, 3.8) is 0 Å². The van der Waals surface area contributed by atoms with Gasteiger partial charge in [-0.1, -0.05) is 0 Å². The third kappa shape index (κ3) is 3.32. The van der Waals surface area contributed by atoms with Gasteiger partial charge in [-0.05, 0) is 43.3 Å². The Bertz CT molecular complexity index is 1000. The molecule has 0 radical (unpaired) electrons. The van der Waals surface area contributed by atoms with Crippen LogP contribution < -0.4 is 5.32 Å². The van der Waals surface area contributed by atoms with Gasteiger partial charge in [0.1, 0.15) is 17.5 Å². The molecule has 0 aliphatic rings. The maximum atomic E-state index is 13.2. The van der Waals surface area contributed by atoms with Crippen molar-refractivity contribution in [2.24, 2.45) is 0 Å². The number of imidazole rings is 1. The molecule has 7 nitrogen and oxygen atoms in total. The number of aromatic amines is 1. The lowest BCUT2D eigenvalue weighted by molar-refractivity contribution is 0.629. The number of rotatable bonds is 5. The highest BCUT2D eigenvalue weighted by Gasteiger charge is 2.05. The molecule has 8 heteroatoms. The number of fused-ring (bicyclic) bond motifs is 1. The molecule has 0 saturated carbocycles. The lowest BCUT2D eigenvalue weighted by Gasteiger charge is -2.04. The van der Waals surface area contributed by atoms with Gasteiger partial charge in [0.2, 0.25) is 0 Å². The summed E-state index contributed by atoms with van der Waals surface area (Å²) >= 11 is 0. The van der Waals surface area contributed by atoms with E-state index < -0.39 is 0 Å². The second-order valence-electron chi connectivity index (χ2n) is 5.70. The SMILES string of the molecule is Cc1ccn(-c2ccc(NCCc3nc4ccc(F)cc4[nH]3)nn2)n1. The number of nitrogens with zero attached hydrogens (tertiary/aromatic N) is 5. The fourth-order valence-corrected chi connectivity index (χ4v) is 2.55. The summed E-state index contributed by atoms with van der Waals surface area (Å²) in [6.45, 7) is 2.56. The third-order valence-electron chi connectivity index (χ3n) is 3.77. The van der Waals surface area contributed by atoms with E-state index >= 15 is 0 Å². The first-order valence-corrected chi connectivity index (χ1v) is 7.92. The van der Waals surface area contributed by atoms with Crippen LogP contribution in [0.25, 0.3) is 16.9 Å². The minimum Gasteiger partial charge on any atom is -0.368 e. The lowest BCUT2D eigenvalue weighted by Crippen LogP contribution is -2.09. The van der Waals surface area contributed by atoms with Crippen molar-refractivity contribution in [3.8, 4) is 5.82 Å². The Morgan fingerprint density at radius 1 is 1.16 bits per heavy atom. The highest BCUT2D eigenvalue weighted by Crippen LogP contribution is 2.13. The highest BCUT2D eigenvalue weighted by molar-refractivity contribution is 5.74. The van der Waals surface area contributed by atoms with Crippen LogP contribution in [-0.4, -0.2) is 36.5 Å². The van der Waals surface area contributed by atoms with Crippen molar-refractivity contribution in [1.29, 1.82) is 0 Å². The number of aryl methyl sites for hydroxylation is 1. The van der Waals surface area contributed by atoms with Gasteiger partial charge in [-0.25, -0.2) is 14.1 Å². The minimum atomic E-state index is -0.274. The smallest absolute Gasteiger partial charge is 0.175 e. The summed E-state index contributed by atoms with van der Waals surface area (Å²) in [7, 11) is 0. The molecule has 25 heavy (non-hydrogen) atoms. The summed E-state index contributed by atoms with van der Waals surface area (Å²) in [6, 6.07) is 10.1. The molecule has 0 aliphatic carbocycles. The van der Waals surface area contributed by atoms with E-state index in [1.807, 2.05) is 31.3 Å². The normalized spacial score (nSPS) is 11.1. The molecule has 2 N–H and O–H groups in total. The largest absolute Gasteiger partial charge is 0.368 e. The Kier molecular flexibility index (Phi) is 3.85. The van der Waals surface area contributed by atoms with Gasteiger partial charge in [0.05, 0.1) is 16.7 Å². The molecule has 4 rings (SSSR count). The van der Waals surface area contributed by atoms with Crippen LogP contribution in [0.1, 0.15) is 11.5 Å². The zero-order valence-corrected chi connectivity index (χ0v) is 13.6. The standard InChI is InChI=1S/C17H16FN7/c1-11-7-9-25(24-11)17-5-4-15(22-23-17)19-8-6-16-20-13-3-2-12(18)10-14(13)21-16/h2-5,7,9-10H,6,8H2,1H3,(H,19,22)(H,20,21). The van der Waals surface area contributed by atoms with Crippen LogP contribution in [0.3, 0.4) is 0 Å². The zero-order valence-electron chi connectivity index (χ0n) is 13.6. The summed E-state index contributed by atoms with van der Waals surface area (Å²) in [5.41, 5.74) is 2.39. The topological polar surface area (TPSA) is 84.3 Å². The van der Waals surface area contributed by atoms with E-state index in [0.717, 1.165) is 17.0 Å². The summed E-state index contributed by atoms with van der Waals surface area (Å²) in [5.74, 6) is 1.86. The Balaban J connectivity index is 1.37. The van der Waals surface area contributed by atoms with E-state index in [4.69, 9.17) is 0 Å². The minimum absolute atomic E-state index is 0.274. The Labute approximate surface area is 142 Å². The fourth-order valence-electron chi connectivity index (χ4n) is 2.55. The first-order chi connectivity index (χ1) is 12.2. The molecule has 3 heterocycles. The van der Waals surface area contributed by atoms with Crippen molar-refractivity contribution in [2.45, 2.75) is 13.3 Å². The maximum Gasteiger partial charge on any atom is 0.175 e. The summed E-state index contributed by atoms with van der Waals surface area (Å²) in [4.78, 5) is 7.55. The van der Waals surface area contributed by atoms with Gasteiger partial charge in [-0.3, -0.25) is 0 Å². The molecule has 3 aromatic heterocycles. The van der Waals surface area contributed by atoms with Crippen LogP contribution in [0.2, 0.25) is 0 Å². The summed E-state index contributed by atoms with van der Waals surface area (Å²) in [6.07, 6.45) is 2.51. The molecule has 0 amide bonds. The quantitative estimate of drug-likeness (QED) is 0.585. The van der Waals surface area contributed by atoms with E-state index in [-0.39, 0.29) is 5.82 Å². The highest BCUT2D eigenvalue weighted by atomic mass is 19.1. The van der Waals surface area contributed by atoms with E-state index in [1.165, 1.54) is 12.1 Å². The average molecular weight is 337 g/mol. The molecular weight excluding hydrogens is 321 g/mol. The Hall–Kier alpha value is -3.29. The van der Waals surface area contributed by atoms with Crippen molar-refractivity contribution >= 4 is 16.9 Å². The molecule has 0 atom stereocenters. The second kappa shape index (κ2) is 6.31. The molecule has 0 bridgehead atoms. The number of anilines is 1. The summed E-state index contributed by atoms with van der Waals surface area (Å²) < 4.78 is 14.9. The fraction of sp³-hybridized carbons (Fsp3) is 0.176. The van der Waals surface area contributed by atoms with Gasteiger partial charge in [-0.2, -0.15) is 5.10 Å². The average Bonchev–Trinajstić information content (AvgIpc) is 3.21. The number of benzene rings is 1. The lowest BCUT2D eigenvalue weighted by atomic mass is 10.3. The molecule has 4 aromatic rings. The second-order valence-corrected chi connectivity index (χ2v) is 5.70. The van der Waals surface area contributed by atoms with E-state index in [0.29, 0.717) is 30.1 Å². The molecule has 0 aliphatic heterocycles. The number of halogens is 1. The van der Waals surface area contributed by atoms with Gasteiger partial charge in [0.15, 0.2) is 5.82 Å². The van der Waals surface area contributed by atoms with Gasteiger partial charge >= 0.3 is 0 Å².